The van der Waals surface area contributed by atoms with Gasteiger partial charge in [-0.25, -0.2) is 0 Å². The summed E-state index contributed by atoms with van der Waals surface area (Å²) in [4.78, 5) is 12.7. The second-order valence-electron chi connectivity index (χ2n) is 5.99. The van der Waals surface area contributed by atoms with Crippen molar-refractivity contribution in [1.82, 2.24) is 10.5 Å². The van der Waals surface area contributed by atoms with Crippen LogP contribution in [0.5, 0.6) is 0 Å². The van der Waals surface area contributed by atoms with E-state index in [1.54, 1.807) is 6.07 Å². The van der Waals surface area contributed by atoms with Crippen molar-refractivity contribution in [3.05, 3.63) is 71.1 Å². The third kappa shape index (κ3) is 3.71. The fraction of sp³-hybridized carbons (Fsp3) is 0.200. The number of aryl methyl sites for hydroxylation is 1. The molecule has 0 saturated heterocycles. The highest BCUT2D eigenvalue weighted by Gasteiger charge is 2.14. The number of amides is 1. The molecule has 0 saturated carbocycles. The first-order valence-corrected chi connectivity index (χ1v) is 8.15. The van der Waals surface area contributed by atoms with Crippen LogP contribution in [-0.2, 0) is 6.54 Å². The summed E-state index contributed by atoms with van der Waals surface area (Å²) in [5.74, 6) is -0.133. The average molecular weight is 335 g/mol. The molecule has 25 heavy (non-hydrogen) atoms. The van der Waals surface area contributed by atoms with Gasteiger partial charge in [0.1, 0.15) is 12.0 Å². The Bertz CT molecular complexity index is 869. The third-order valence-corrected chi connectivity index (χ3v) is 4.23. The highest BCUT2D eigenvalue weighted by molar-refractivity contribution is 5.98. The lowest BCUT2D eigenvalue weighted by atomic mass is 9.97. The van der Waals surface area contributed by atoms with Crippen LogP contribution in [0.4, 0.5) is 5.69 Å². The Kier molecular flexibility index (Phi) is 4.84. The highest BCUT2D eigenvalue weighted by Crippen LogP contribution is 2.28. The van der Waals surface area contributed by atoms with Crippen molar-refractivity contribution in [2.75, 3.05) is 12.4 Å². The number of anilines is 1. The maximum Gasteiger partial charge on any atom is 0.251 e. The van der Waals surface area contributed by atoms with Gasteiger partial charge in [0.2, 0.25) is 0 Å². The summed E-state index contributed by atoms with van der Waals surface area (Å²) in [7, 11) is 1.86. The molecule has 5 nitrogen and oxygen atoms in total. The van der Waals surface area contributed by atoms with Gasteiger partial charge in [-0.15, -0.1) is 0 Å². The second kappa shape index (κ2) is 7.21. The number of carbonyl (C=O) groups is 1. The zero-order chi connectivity index (χ0) is 17.8. The van der Waals surface area contributed by atoms with E-state index in [4.69, 9.17) is 4.52 Å². The molecule has 0 fully saturated rings. The molecule has 1 aromatic heterocycles. The van der Waals surface area contributed by atoms with Crippen LogP contribution >= 0.6 is 0 Å². The van der Waals surface area contributed by atoms with E-state index in [0.717, 1.165) is 22.4 Å². The van der Waals surface area contributed by atoms with E-state index in [1.807, 2.05) is 20.0 Å². The molecule has 0 radical (unpaired) electrons. The van der Waals surface area contributed by atoms with Crippen molar-refractivity contribution in [2.45, 2.75) is 20.4 Å². The quantitative estimate of drug-likeness (QED) is 0.741. The smallest absolute Gasteiger partial charge is 0.251 e. The van der Waals surface area contributed by atoms with Crippen LogP contribution in [0.2, 0.25) is 0 Å². The number of hydrogen-bond acceptors (Lipinski definition) is 4. The molecule has 1 amide bonds. The normalized spacial score (nSPS) is 10.5. The number of benzene rings is 2. The van der Waals surface area contributed by atoms with Crippen molar-refractivity contribution >= 4 is 11.6 Å². The Morgan fingerprint density at radius 2 is 1.84 bits per heavy atom. The topological polar surface area (TPSA) is 67.2 Å². The van der Waals surface area contributed by atoms with Crippen LogP contribution in [-0.4, -0.2) is 18.1 Å². The first kappa shape index (κ1) is 16.8. The van der Waals surface area contributed by atoms with E-state index in [2.05, 4.69) is 53.0 Å². The van der Waals surface area contributed by atoms with Gasteiger partial charge in [-0.2, -0.15) is 0 Å². The van der Waals surface area contributed by atoms with Crippen molar-refractivity contribution in [3.63, 3.8) is 0 Å². The Morgan fingerprint density at radius 1 is 1.08 bits per heavy atom. The lowest BCUT2D eigenvalue weighted by Crippen LogP contribution is -2.24. The van der Waals surface area contributed by atoms with Gasteiger partial charge in [-0.3, -0.25) is 4.79 Å². The van der Waals surface area contributed by atoms with Crippen molar-refractivity contribution in [3.8, 4) is 11.1 Å². The van der Waals surface area contributed by atoms with E-state index in [-0.39, 0.29) is 5.91 Å². The maximum absolute atomic E-state index is 12.7. The minimum absolute atomic E-state index is 0.133. The molecule has 0 aliphatic rings. The average Bonchev–Trinajstić information content (AvgIpc) is 3.14. The molecule has 3 aromatic rings. The monoisotopic (exact) mass is 335 g/mol. The molecule has 3 rings (SSSR count). The molecule has 0 unspecified atom stereocenters. The largest absolute Gasteiger partial charge is 0.388 e. The van der Waals surface area contributed by atoms with E-state index in [0.29, 0.717) is 17.8 Å². The molecule has 1 heterocycles. The minimum atomic E-state index is -0.133. The number of nitrogens with one attached hydrogen (secondary N) is 2. The molecule has 0 atom stereocenters. The van der Waals surface area contributed by atoms with Gasteiger partial charge in [-0.05, 0) is 42.7 Å². The second-order valence-corrected chi connectivity index (χ2v) is 5.99. The summed E-state index contributed by atoms with van der Waals surface area (Å²) in [5, 5.41) is 9.88. The fourth-order valence-electron chi connectivity index (χ4n) is 2.72. The molecule has 2 N–H and O–H groups in total. The first-order valence-electron chi connectivity index (χ1n) is 8.15. The molecule has 0 spiro atoms. The Morgan fingerprint density at radius 3 is 2.48 bits per heavy atom. The molecule has 0 aliphatic carbocycles. The van der Waals surface area contributed by atoms with E-state index < -0.39 is 0 Å². The number of carbonyl (C=O) groups excluding carboxylic acids is 1. The maximum atomic E-state index is 12.7. The van der Waals surface area contributed by atoms with Gasteiger partial charge in [0.05, 0.1) is 6.54 Å². The van der Waals surface area contributed by atoms with Crippen molar-refractivity contribution < 1.29 is 9.32 Å². The predicted octanol–water partition coefficient (Wildman–Crippen LogP) is 3.93. The summed E-state index contributed by atoms with van der Waals surface area (Å²) in [6.07, 6.45) is 1.49. The van der Waals surface area contributed by atoms with Crippen molar-refractivity contribution in [2.24, 2.45) is 0 Å². The zero-order valence-electron chi connectivity index (χ0n) is 14.6. The van der Waals surface area contributed by atoms with E-state index in [9.17, 15) is 4.79 Å². The van der Waals surface area contributed by atoms with E-state index in [1.165, 1.54) is 11.8 Å². The van der Waals surface area contributed by atoms with Crippen LogP contribution < -0.4 is 10.6 Å². The Balaban J connectivity index is 1.92. The van der Waals surface area contributed by atoms with Crippen LogP contribution in [0, 0.1) is 13.8 Å². The molecular weight excluding hydrogens is 314 g/mol. The van der Waals surface area contributed by atoms with Gasteiger partial charge >= 0.3 is 0 Å². The van der Waals surface area contributed by atoms with Crippen LogP contribution in [0.15, 0.2) is 53.3 Å². The minimum Gasteiger partial charge on any atom is -0.388 e. The molecule has 5 heteroatoms. The van der Waals surface area contributed by atoms with Gasteiger partial charge in [-0.1, -0.05) is 35.0 Å². The first-order chi connectivity index (χ1) is 12.1. The summed E-state index contributed by atoms with van der Waals surface area (Å²) in [5.41, 5.74) is 6.46. The number of aromatic nitrogens is 1. The highest BCUT2D eigenvalue weighted by atomic mass is 16.5. The molecule has 128 valence electrons. The third-order valence-electron chi connectivity index (χ3n) is 4.23. The summed E-state index contributed by atoms with van der Waals surface area (Å²) in [6, 6.07) is 14.0. The summed E-state index contributed by atoms with van der Waals surface area (Å²) >= 11 is 0. The summed E-state index contributed by atoms with van der Waals surface area (Å²) < 4.78 is 4.79. The molecule has 0 bridgehead atoms. The standard InChI is InChI=1S/C20H21N3O2/c1-13-4-6-15(7-5-13)16-10-18(14(2)19(11-16)21-3)20(24)22-12-17-8-9-25-23-17/h4-11,21H,12H2,1-3H3,(H,22,24). The van der Waals surface area contributed by atoms with Gasteiger partial charge in [0.25, 0.3) is 5.91 Å². The fourth-order valence-corrected chi connectivity index (χ4v) is 2.72. The van der Waals surface area contributed by atoms with Crippen LogP contribution in [0.25, 0.3) is 11.1 Å². The SMILES string of the molecule is CNc1cc(-c2ccc(C)cc2)cc(C(=O)NCc2ccon2)c1C. The predicted molar refractivity (Wildman–Crippen MR) is 98.6 cm³/mol. The number of nitrogens with zero attached hydrogens (tertiary/aromatic N) is 1. The summed E-state index contributed by atoms with van der Waals surface area (Å²) in [6.45, 7) is 4.33. The molecule has 2 aromatic carbocycles. The van der Waals surface area contributed by atoms with Gasteiger partial charge in [0, 0.05) is 24.4 Å². The van der Waals surface area contributed by atoms with Gasteiger partial charge in [0.15, 0.2) is 0 Å². The molecule has 0 aliphatic heterocycles. The van der Waals surface area contributed by atoms with Crippen molar-refractivity contribution in [1.29, 1.82) is 0 Å². The molecular formula is C20H21N3O2. The zero-order valence-corrected chi connectivity index (χ0v) is 14.6. The van der Waals surface area contributed by atoms with Gasteiger partial charge < -0.3 is 15.2 Å². The lowest BCUT2D eigenvalue weighted by molar-refractivity contribution is 0.0949. The van der Waals surface area contributed by atoms with Crippen LogP contribution in [0.1, 0.15) is 27.2 Å². The lowest BCUT2D eigenvalue weighted by Gasteiger charge is -2.14. The number of hydrogen-bond donors (Lipinski definition) is 2. The van der Waals surface area contributed by atoms with E-state index >= 15 is 0 Å². The Hall–Kier alpha value is -3.08. The number of rotatable bonds is 5. The Labute approximate surface area is 147 Å². The van der Waals surface area contributed by atoms with Crippen LogP contribution in [0.3, 0.4) is 0 Å².